The Labute approximate surface area is 76.3 Å². The van der Waals surface area contributed by atoms with E-state index in [-0.39, 0.29) is 6.10 Å². The van der Waals surface area contributed by atoms with Gasteiger partial charge in [-0.1, -0.05) is 6.07 Å². The second kappa shape index (κ2) is 3.09. The molecule has 0 amide bonds. The number of fused-ring (bicyclic) bond motifs is 1. The summed E-state index contributed by atoms with van der Waals surface area (Å²) in [4.78, 5) is 4.08. The Morgan fingerprint density at radius 2 is 2.23 bits per heavy atom. The SMILES string of the molecule is CC(C)Oc1cccc2ocnc12. The van der Waals surface area contributed by atoms with Crippen LogP contribution >= 0.6 is 0 Å². The molecule has 0 atom stereocenters. The Bertz CT molecular complexity index is 406. The third-order valence-electron chi connectivity index (χ3n) is 1.69. The van der Waals surface area contributed by atoms with E-state index in [4.69, 9.17) is 9.15 Å². The van der Waals surface area contributed by atoms with Crippen LogP contribution in [-0.2, 0) is 0 Å². The molecule has 0 saturated carbocycles. The molecule has 13 heavy (non-hydrogen) atoms. The summed E-state index contributed by atoms with van der Waals surface area (Å²) in [6, 6.07) is 5.66. The van der Waals surface area contributed by atoms with Crippen molar-refractivity contribution in [3.05, 3.63) is 24.6 Å². The van der Waals surface area contributed by atoms with Crippen LogP contribution in [0.3, 0.4) is 0 Å². The van der Waals surface area contributed by atoms with Crippen molar-refractivity contribution < 1.29 is 9.15 Å². The average molecular weight is 177 g/mol. The van der Waals surface area contributed by atoms with Crippen LogP contribution in [0.2, 0.25) is 0 Å². The zero-order chi connectivity index (χ0) is 9.26. The van der Waals surface area contributed by atoms with Gasteiger partial charge in [-0.15, -0.1) is 0 Å². The van der Waals surface area contributed by atoms with Crippen LogP contribution in [0.15, 0.2) is 29.0 Å². The smallest absolute Gasteiger partial charge is 0.182 e. The zero-order valence-electron chi connectivity index (χ0n) is 7.65. The van der Waals surface area contributed by atoms with Crippen molar-refractivity contribution in [1.82, 2.24) is 4.98 Å². The molecular formula is C10H11NO2. The second-order valence-corrected chi connectivity index (χ2v) is 3.12. The highest BCUT2D eigenvalue weighted by Gasteiger charge is 2.06. The fraction of sp³-hybridized carbons (Fsp3) is 0.300. The number of para-hydroxylation sites is 1. The molecule has 0 radical (unpaired) electrons. The van der Waals surface area contributed by atoms with Gasteiger partial charge in [0.25, 0.3) is 0 Å². The lowest BCUT2D eigenvalue weighted by atomic mass is 10.3. The number of benzene rings is 1. The maximum atomic E-state index is 5.56. The van der Waals surface area contributed by atoms with E-state index in [0.717, 1.165) is 16.8 Å². The lowest BCUT2D eigenvalue weighted by Gasteiger charge is -2.08. The Morgan fingerprint density at radius 3 is 3.00 bits per heavy atom. The lowest BCUT2D eigenvalue weighted by Crippen LogP contribution is -2.05. The molecule has 0 aliphatic heterocycles. The zero-order valence-corrected chi connectivity index (χ0v) is 7.65. The summed E-state index contributed by atoms with van der Waals surface area (Å²) in [7, 11) is 0. The summed E-state index contributed by atoms with van der Waals surface area (Å²) in [5.74, 6) is 0.779. The third-order valence-corrected chi connectivity index (χ3v) is 1.69. The van der Waals surface area contributed by atoms with Crippen LogP contribution in [0.4, 0.5) is 0 Å². The first-order valence-electron chi connectivity index (χ1n) is 4.26. The van der Waals surface area contributed by atoms with E-state index in [1.54, 1.807) is 0 Å². The van der Waals surface area contributed by atoms with Gasteiger partial charge in [0.2, 0.25) is 0 Å². The van der Waals surface area contributed by atoms with Gasteiger partial charge >= 0.3 is 0 Å². The van der Waals surface area contributed by atoms with Crippen molar-refractivity contribution in [2.45, 2.75) is 20.0 Å². The molecule has 0 N–H and O–H groups in total. The highest BCUT2D eigenvalue weighted by molar-refractivity contribution is 5.79. The molecule has 0 bridgehead atoms. The third kappa shape index (κ3) is 1.49. The molecule has 1 aromatic carbocycles. The number of rotatable bonds is 2. The molecule has 3 nitrogen and oxygen atoms in total. The molecule has 1 aromatic heterocycles. The van der Waals surface area contributed by atoms with Crippen LogP contribution in [0.5, 0.6) is 5.75 Å². The van der Waals surface area contributed by atoms with Crippen molar-refractivity contribution in [3.8, 4) is 5.75 Å². The second-order valence-electron chi connectivity index (χ2n) is 3.12. The van der Waals surface area contributed by atoms with Crippen LogP contribution in [0, 0.1) is 0 Å². The number of ether oxygens (including phenoxy) is 1. The summed E-state index contributed by atoms with van der Waals surface area (Å²) < 4.78 is 10.7. The van der Waals surface area contributed by atoms with Crippen molar-refractivity contribution in [1.29, 1.82) is 0 Å². The molecule has 0 aliphatic rings. The highest BCUT2D eigenvalue weighted by Crippen LogP contribution is 2.24. The van der Waals surface area contributed by atoms with E-state index in [0.29, 0.717) is 0 Å². The summed E-state index contributed by atoms with van der Waals surface area (Å²) in [6.45, 7) is 3.97. The summed E-state index contributed by atoms with van der Waals surface area (Å²) in [5, 5.41) is 0. The largest absolute Gasteiger partial charge is 0.489 e. The van der Waals surface area contributed by atoms with E-state index in [2.05, 4.69) is 4.98 Å². The van der Waals surface area contributed by atoms with Crippen molar-refractivity contribution >= 4 is 11.1 Å². The fourth-order valence-electron chi connectivity index (χ4n) is 1.21. The van der Waals surface area contributed by atoms with Crippen LogP contribution in [0.1, 0.15) is 13.8 Å². The predicted molar refractivity (Wildman–Crippen MR) is 49.8 cm³/mol. The molecule has 3 heteroatoms. The summed E-state index contributed by atoms with van der Waals surface area (Å²) in [5.41, 5.74) is 1.55. The lowest BCUT2D eigenvalue weighted by molar-refractivity contribution is 0.245. The topological polar surface area (TPSA) is 35.3 Å². The molecule has 0 saturated heterocycles. The minimum absolute atomic E-state index is 0.155. The van der Waals surface area contributed by atoms with Gasteiger partial charge in [-0.25, -0.2) is 4.98 Å². The van der Waals surface area contributed by atoms with Gasteiger partial charge < -0.3 is 9.15 Å². The number of hydrogen-bond donors (Lipinski definition) is 0. The Kier molecular flexibility index (Phi) is 1.93. The van der Waals surface area contributed by atoms with Gasteiger partial charge in [-0.2, -0.15) is 0 Å². The van der Waals surface area contributed by atoms with Gasteiger partial charge in [0.15, 0.2) is 17.5 Å². The Balaban J connectivity index is 2.48. The molecule has 2 aromatic rings. The average Bonchev–Trinajstić information content (AvgIpc) is 2.51. The van der Waals surface area contributed by atoms with Crippen molar-refractivity contribution in [2.24, 2.45) is 0 Å². The monoisotopic (exact) mass is 177 g/mol. The van der Waals surface area contributed by atoms with E-state index in [1.807, 2.05) is 32.0 Å². The molecule has 0 spiro atoms. The van der Waals surface area contributed by atoms with Crippen LogP contribution in [0.25, 0.3) is 11.1 Å². The normalized spacial score (nSPS) is 11.0. The van der Waals surface area contributed by atoms with E-state index in [9.17, 15) is 0 Å². The predicted octanol–water partition coefficient (Wildman–Crippen LogP) is 2.62. The fourth-order valence-corrected chi connectivity index (χ4v) is 1.21. The summed E-state index contributed by atoms with van der Waals surface area (Å²) in [6.07, 6.45) is 1.58. The first kappa shape index (κ1) is 8.10. The molecule has 0 unspecified atom stereocenters. The van der Waals surface area contributed by atoms with Crippen LogP contribution in [-0.4, -0.2) is 11.1 Å². The highest BCUT2D eigenvalue weighted by atomic mass is 16.5. The molecule has 0 fully saturated rings. The maximum absolute atomic E-state index is 5.56. The van der Waals surface area contributed by atoms with Crippen molar-refractivity contribution in [3.63, 3.8) is 0 Å². The minimum atomic E-state index is 0.155. The molecular weight excluding hydrogens is 166 g/mol. The number of aromatic nitrogens is 1. The maximum Gasteiger partial charge on any atom is 0.182 e. The molecule has 2 rings (SSSR count). The quantitative estimate of drug-likeness (QED) is 0.707. The van der Waals surface area contributed by atoms with E-state index >= 15 is 0 Å². The first-order chi connectivity index (χ1) is 6.27. The van der Waals surface area contributed by atoms with Gasteiger partial charge in [0.1, 0.15) is 5.75 Å². The number of hydrogen-bond acceptors (Lipinski definition) is 3. The molecule has 68 valence electrons. The van der Waals surface area contributed by atoms with Crippen LogP contribution < -0.4 is 4.74 Å². The summed E-state index contributed by atoms with van der Waals surface area (Å²) >= 11 is 0. The van der Waals surface area contributed by atoms with E-state index in [1.165, 1.54) is 6.39 Å². The van der Waals surface area contributed by atoms with E-state index < -0.39 is 0 Å². The van der Waals surface area contributed by atoms with Gasteiger partial charge in [0, 0.05) is 0 Å². The molecule has 0 aliphatic carbocycles. The minimum Gasteiger partial charge on any atom is -0.489 e. The van der Waals surface area contributed by atoms with Crippen molar-refractivity contribution in [2.75, 3.05) is 0 Å². The standard InChI is InChI=1S/C10H11NO2/c1-7(2)13-9-5-3-4-8-10(9)11-6-12-8/h3-7H,1-2H3. The van der Waals surface area contributed by atoms with Gasteiger partial charge in [-0.3, -0.25) is 0 Å². The number of nitrogens with zero attached hydrogens (tertiary/aromatic N) is 1. The van der Waals surface area contributed by atoms with Gasteiger partial charge in [0.05, 0.1) is 6.10 Å². The van der Waals surface area contributed by atoms with Gasteiger partial charge in [-0.05, 0) is 26.0 Å². The first-order valence-corrected chi connectivity index (χ1v) is 4.26. The Morgan fingerprint density at radius 1 is 1.38 bits per heavy atom. The number of oxazole rings is 1. The Hall–Kier alpha value is -1.51. The molecule has 1 heterocycles.